The average molecular weight is 317 g/mol. The van der Waals surface area contributed by atoms with Crippen molar-refractivity contribution in [3.63, 3.8) is 0 Å². The zero-order valence-corrected chi connectivity index (χ0v) is 12.3. The van der Waals surface area contributed by atoms with Gasteiger partial charge in [-0.2, -0.15) is 0 Å². The Morgan fingerprint density at radius 3 is 2.50 bits per heavy atom. The molecule has 0 atom stereocenters. The number of carbonyl (C=O) groups is 1. The fourth-order valence-electron chi connectivity index (χ4n) is 1.25. The highest BCUT2D eigenvalue weighted by Gasteiger charge is 2.10. The summed E-state index contributed by atoms with van der Waals surface area (Å²) in [4.78, 5) is 10.8. The summed E-state index contributed by atoms with van der Waals surface area (Å²) in [6.07, 6.45) is 0. The number of halogens is 1. The number of carboxylic acid groups (broad SMARTS) is 1. The Morgan fingerprint density at radius 2 is 2.00 bits per heavy atom. The summed E-state index contributed by atoms with van der Waals surface area (Å²) in [6.45, 7) is 6.83. The van der Waals surface area contributed by atoms with Gasteiger partial charge in [0.1, 0.15) is 12.4 Å². The van der Waals surface area contributed by atoms with Gasteiger partial charge in [-0.05, 0) is 54.9 Å². The summed E-state index contributed by atoms with van der Waals surface area (Å²) < 4.78 is 11.6. The van der Waals surface area contributed by atoms with Crippen molar-refractivity contribution in [3.05, 3.63) is 28.2 Å². The first-order chi connectivity index (χ1) is 8.29. The Labute approximate surface area is 115 Å². The molecular formula is C13H17BrO4. The van der Waals surface area contributed by atoms with E-state index in [9.17, 15) is 4.79 Å². The van der Waals surface area contributed by atoms with Crippen LogP contribution in [0, 0.1) is 0 Å². The highest BCUT2D eigenvalue weighted by Crippen LogP contribution is 2.26. The van der Waals surface area contributed by atoms with Gasteiger partial charge in [-0.25, -0.2) is 4.79 Å². The normalized spacial score (nSPS) is 11.3. The standard InChI is InChI=1S/C13H17BrO4/c1-13(2,3)18-7-6-17-11-5-4-9(12(15)16)8-10(11)14/h4-5,8H,6-7H2,1-3H3,(H,15,16). The summed E-state index contributed by atoms with van der Waals surface area (Å²) in [5.74, 6) is -0.351. The molecule has 0 heterocycles. The van der Waals surface area contributed by atoms with Crippen molar-refractivity contribution >= 4 is 21.9 Å². The number of carboxylic acids is 1. The van der Waals surface area contributed by atoms with Gasteiger partial charge >= 0.3 is 5.97 Å². The SMILES string of the molecule is CC(C)(C)OCCOc1ccc(C(=O)O)cc1Br. The molecule has 1 rings (SSSR count). The Kier molecular flexibility index (Phi) is 5.16. The van der Waals surface area contributed by atoms with Crippen LogP contribution in [0.1, 0.15) is 31.1 Å². The van der Waals surface area contributed by atoms with Crippen molar-refractivity contribution in [2.75, 3.05) is 13.2 Å². The van der Waals surface area contributed by atoms with E-state index < -0.39 is 5.97 Å². The number of ether oxygens (including phenoxy) is 2. The lowest BCUT2D eigenvalue weighted by atomic mass is 10.2. The molecule has 1 N–H and O–H groups in total. The third-order valence-electron chi connectivity index (χ3n) is 2.05. The van der Waals surface area contributed by atoms with Gasteiger partial charge in [0.15, 0.2) is 0 Å². The Hall–Kier alpha value is -1.07. The minimum atomic E-state index is -0.960. The van der Waals surface area contributed by atoms with E-state index in [2.05, 4.69) is 15.9 Å². The summed E-state index contributed by atoms with van der Waals surface area (Å²) in [7, 11) is 0. The monoisotopic (exact) mass is 316 g/mol. The van der Waals surface area contributed by atoms with Gasteiger partial charge in [-0.1, -0.05) is 0 Å². The number of hydrogen-bond acceptors (Lipinski definition) is 3. The van der Waals surface area contributed by atoms with Crippen LogP contribution in [0.3, 0.4) is 0 Å². The predicted octanol–water partition coefficient (Wildman–Crippen LogP) is 3.34. The molecule has 0 saturated carbocycles. The van der Waals surface area contributed by atoms with Gasteiger partial charge in [-0.15, -0.1) is 0 Å². The van der Waals surface area contributed by atoms with E-state index in [4.69, 9.17) is 14.6 Å². The highest BCUT2D eigenvalue weighted by atomic mass is 79.9. The molecule has 0 saturated heterocycles. The molecule has 0 aliphatic rings. The molecule has 0 bridgehead atoms. The zero-order chi connectivity index (χ0) is 13.8. The zero-order valence-electron chi connectivity index (χ0n) is 10.7. The lowest BCUT2D eigenvalue weighted by Gasteiger charge is -2.19. The third-order valence-corrected chi connectivity index (χ3v) is 2.67. The van der Waals surface area contributed by atoms with Crippen LogP contribution in [0.5, 0.6) is 5.75 Å². The second-order valence-electron chi connectivity index (χ2n) is 4.76. The lowest BCUT2D eigenvalue weighted by Crippen LogP contribution is -2.22. The predicted molar refractivity (Wildman–Crippen MR) is 72.3 cm³/mol. The molecule has 0 unspecified atom stereocenters. The molecule has 0 radical (unpaired) electrons. The van der Waals surface area contributed by atoms with Crippen LogP contribution in [0.2, 0.25) is 0 Å². The van der Waals surface area contributed by atoms with Gasteiger partial charge in [0, 0.05) is 0 Å². The molecule has 4 nitrogen and oxygen atoms in total. The van der Waals surface area contributed by atoms with Crippen molar-refractivity contribution in [2.45, 2.75) is 26.4 Å². The molecule has 1 aromatic rings. The number of rotatable bonds is 5. The lowest BCUT2D eigenvalue weighted by molar-refractivity contribution is -0.0163. The molecule has 0 aromatic heterocycles. The Morgan fingerprint density at radius 1 is 1.33 bits per heavy atom. The quantitative estimate of drug-likeness (QED) is 0.846. The van der Waals surface area contributed by atoms with Crippen molar-refractivity contribution < 1.29 is 19.4 Å². The maximum Gasteiger partial charge on any atom is 0.335 e. The second kappa shape index (κ2) is 6.20. The molecule has 5 heteroatoms. The second-order valence-corrected chi connectivity index (χ2v) is 5.61. The molecule has 0 spiro atoms. The van der Waals surface area contributed by atoms with E-state index >= 15 is 0 Å². The minimum absolute atomic E-state index is 0.187. The van der Waals surface area contributed by atoms with E-state index in [0.717, 1.165) is 0 Å². The first-order valence-electron chi connectivity index (χ1n) is 5.59. The third kappa shape index (κ3) is 5.06. The van der Waals surface area contributed by atoms with Crippen LogP contribution >= 0.6 is 15.9 Å². The van der Waals surface area contributed by atoms with Crippen molar-refractivity contribution in [3.8, 4) is 5.75 Å². The van der Waals surface area contributed by atoms with Crippen molar-refractivity contribution in [2.24, 2.45) is 0 Å². The van der Waals surface area contributed by atoms with Gasteiger partial charge in [0.25, 0.3) is 0 Å². The first-order valence-corrected chi connectivity index (χ1v) is 6.38. The molecule has 18 heavy (non-hydrogen) atoms. The minimum Gasteiger partial charge on any atom is -0.490 e. The fourth-order valence-corrected chi connectivity index (χ4v) is 1.74. The fraction of sp³-hybridized carbons (Fsp3) is 0.462. The number of aromatic carboxylic acids is 1. The number of benzene rings is 1. The molecule has 100 valence electrons. The van der Waals surface area contributed by atoms with Crippen LogP contribution in [0.4, 0.5) is 0 Å². The van der Waals surface area contributed by atoms with Crippen LogP contribution in [0.25, 0.3) is 0 Å². The first kappa shape index (κ1) is 15.0. The Balaban J connectivity index is 2.51. The van der Waals surface area contributed by atoms with Crippen LogP contribution in [-0.2, 0) is 4.74 Å². The van der Waals surface area contributed by atoms with Crippen LogP contribution in [-0.4, -0.2) is 29.9 Å². The summed E-state index contributed by atoms with van der Waals surface area (Å²) >= 11 is 3.28. The molecule has 0 fully saturated rings. The smallest absolute Gasteiger partial charge is 0.335 e. The Bertz CT molecular complexity index is 423. The largest absolute Gasteiger partial charge is 0.490 e. The summed E-state index contributed by atoms with van der Waals surface area (Å²) in [5.41, 5.74) is 0.0356. The molecule has 1 aromatic carbocycles. The average Bonchev–Trinajstić information content (AvgIpc) is 2.24. The number of hydrogen-bond donors (Lipinski definition) is 1. The van der Waals surface area contributed by atoms with Gasteiger partial charge in [-0.3, -0.25) is 0 Å². The summed E-state index contributed by atoms with van der Waals surface area (Å²) in [5, 5.41) is 8.82. The van der Waals surface area contributed by atoms with Gasteiger partial charge in [0.05, 0.1) is 22.2 Å². The van der Waals surface area contributed by atoms with Crippen molar-refractivity contribution in [1.82, 2.24) is 0 Å². The topological polar surface area (TPSA) is 55.8 Å². The van der Waals surface area contributed by atoms with E-state index in [1.165, 1.54) is 12.1 Å². The molecule has 0 aliphatic heterocycles. The molecule has 0 aliphatic carbocycles. The van der Waals surface area contributed by atoms with Crippen LogP contribution < -0.4 is 4.74 Å². The van der Waals surface area contributed by atoms with Crippen LogP contribution in [0.15, 0.2) is 22.7 Å². The van der Waals surface area contributed by atoms with Gasteiger partial charge in [0.2, 0.25) is 0 Å². The van der Waals surface area contributed by atoms with E-state index in [1.807, 2.05) is 20.8 Å². The summed E-state index contributed by atoms with van der Waals surface area (Å²) in [6, 6.07) is 4.65. The van der Waals surface area contributed by atoms with E-state index in [1.54, 1.807) is 6.07 Å². The van der Waals surface area contributed by atoms with E-state index in [0.29, 0.717) is 23.4 Å². The van der Waals surface area contributed by atoms with E-state index in [-0.39, 0.29) is 11.2 Å². The highest BCUT2D eigenvalue weighted by molar-refractivity contribution is 9.10. The van der Waals surface area contributed by atoms with Gasteiger partial charge < -0.3 is 14.6 Å². The molecular weight excluding hydrogens is 300 g/mol. The molecule has 0 amide bonds. The van der Waals surface area contributed by atoms with Crippen molar-refractivity contribution in [1.29, 1.82) is 0 Å². The maximum absolute atomic E-state index is 10.8. The maximum atomic E-state index is 10.8.